The van der Waals surface area contributed by atoms with Crippen molar-refractivity contribution in [3.05, 3.63) is 98.5 Å². The summed E-state index contributed by atoms with van der Waals surface area (Å²) in [5, 5.41) is 4.03. The number of halogens is 2. The molecule has 6 rings (SSSR count). The number of amides is 1. The van der Waals surface area contributed by atoms with E-state index >= 15 is 0 Å². The molecule has 1 amide bonds. The lowest BCUT2D eigenvalue weighted by molar-refractivity contribution is -0.126. The van der Waals surface area contributed by atoms with Crippen molar-refractivity contribution in [2.45, 2.75) is 32.1 Å². The standard InChI is InChI=1S/C25H21Cl2NO/c1-14-11-12-20(26)23(22(14)27)28-24(29)25(2)13-19-15-7-3-5-9-17(15)21(25)18-10-6-4-8-16(18)19/h3-12,19,21H,13H2,1-2H3,(H,28,29). The van der Waals surface area contributed by atoms with Gasteiger partial charge >= 0.3 is 0 Å². The molecule has 0 heterocycles. The average molecular weight is 422 g/mol. The number of hydrogen-bond acceptors (Lipinski definition) is 1. The molecule has 3 aliphatic carbocycles. The normalized spacial score (nSPS) is 24.0. The fourth-order valence-electron chi connectivity index (χ4n) is 5.22. The quantitative estimate of drug-likeness (QED) is 0.477. The van der Waals surface area contributed by atoms with Gasteiger partial charge in [0, 0.05) is 11.8 Å². The molecule has 29 heavy (non-hydrogen) atoms. The maximum absolute atomic E-state index is 13.7. The molecule has 1 N–H and O–H groups in total. The molecule has 3 aromatic rings. The SMILES string of the molecule is Cc1ccc(Cl)c(NC(=O)C2(C)CC3c4ccccc4C2c2ccccc23)c1Cl. The fourth-order valence-corrected chi connectivity index (χ4v) is 5.68. The van der Waals surface area contributed by atoms with Gasteiger partial charge < -0.3 is 5.32 Å². The summed E-state index contributed by atoms with van der Waals surface area (Å²) in [5.41, 5.74) is 5.98. The second kappa shape index (κ2) is 6.62. The van der Waals surface area contributed by atoms with Crippen molar-refractivity contribution in [2.75, 3.05) is 5.32 Å². The number of aryl methyl sites for hydroxylation is 1. The van der Waals surface area contributed by atoms with Crippen LogP contribution < -0.4 is 5.32 Å². The molecule has 1 atom stereocenters. The number of fused-ring (bicyclic) bond motifs is 1. The van der Waals surface area contributed by atoms with Gasteiger partial charge in [0.1, 0.15) is 0 Å². The molecule has 0 radical (unpaired) electrons. The minimum atomic E-state index is -0.593. The van der Waals surface area contributed by atoms with E-state index in [2.05, 4.69) is 60.8 Å². The highest BCUT2D eigenvalue weighted by atomic mass is 35.5. The molecule has 0 fully saturated rings. The Bertz CT molecular complexity index is 1110. The van der Waals surface area contributed by atoms with E-state index in [9.17, 15) is 4.79 Å². The molecule has 0 spiro atoms. The largest absolute Gasteiger partial charge is 0.323 e. The number of hydrogen-bond donors (Lipinski definition) is 1. The van der Waals surface area contributed by atoms with Gasteiger partial charge in [0.25, 0.3) is 0 Å². The minimum Gasteiger partial charge on any atom is -0.323 e. The molecular formula is C25H21Cl2NO. The van der Waals surface area contributed by atoms with Gasteiger partial charge in [-0.15, -0.1) is 0 Å². The Morgan fingerprint density at radius 3 is 2.07 bits per heavy atom. The lowest BCUT2D eigenvalue weighted by atomic mass is 9.52. The number of nitrogens with one attached hydrogen (secondary N) is 1. The molecule has 3 aliphatic rings. The summed E-state index contributed by atoms with van der Waals surface area (Å²) in [6.07, 6.45) is 0.762. The molecule has 4 heteroatoms. The number of carbonyl (C=O) groups is 1. The Balaban J connectivity index is 1.62. The fraction of sp³-hybridized carbons (Fsp3) is 0.240. The zero-order valence-electron chi connectivity index (χ0n) is 16.3. The van der Waals surface area contributed by atoms with Gasteiger partial charge in [-0.1, -0.05) is 77.8 Å². The minimum absolute atomic E-state index is 0.00209. The number of anilines is 1. The van der Waals surface area contributed by atoms with E-state index in [0.717, 1.165) is 12.0 Å². The molecule has 2 nitrogen and oxygen atoms in total. The monoisotopic (exact) mass is 421 g/mol. The second-order valence-corrected chi connectivity index (χ2v) is 9.16. The van der Waals surface area contributed by atoms with E-state index < -0.39 is 5.41 Å². The molecule has 0 aromatic heterocycles. The lowest BCUT2D eigenvalue weighted by Gasteiger charge is -2.50. The summed E-state index contributed by atoms with van der Waals surface area (Å²) in [5.74, 6) is 0.180. The summed E-state index contributed by atoms with van der Waals surface area (Å²) < 4.78 is 0. The summed E-state index contributed by atoms with van der Waals surface area (Å²) >= 11 is 12.8. The van der Waals surface area contributed by atoms with Crippen LogP contribution in [0.4, 0.5) is 5.69 Å². The first kappa shape index (κ1) is 18.7. The Morgan fingerprint density at radius 1 is 0.931 bits per heavy atom. The first-order valence-electron chi connectivity index (χ1n) is 9.85. The number of rotatable bonds is 2. The molecule has 3 aromatic carbocycles. The van der Waals surface area contributed by atoms with Gasteiger partial charge in [-0.3, -0.25) is 4.79 Å². The van der Waals surface area contributed by atoms with E-state index in [1.54, 1.807) is 6.07 Å². The Labute approximate surface area is 180 Å². The van der Waals surface area contributed by atoms with Crippen molar-refractivity contribution in [3.8, 4) is 0 Å². The molecule has 0 saturated heterocycles. The molecular weight excluding hydrogens is 401 g/mol. The van der Waals surface area contributed by atoms with E-state index in [1.165, 1.54) is 22.3 Å². The van der Waals surface area contributed by atoms with Gasteiger partial charge in [-0.25, -0.2) is 0 Å². The van der Waals surface area contributed by atoms with Crippen LogP contribution in [0.2, 0.25) is 10.0 Å². The Morgan fingerprint density at radius 2 is 1.48 bits per heavy atom. The van der Waals surface area contributed by atoms with Crippen LogP contribution in [0.3, 0.4) is 0 Å². The molecule has 0 aliphatic heterocycles. The van der Waals surface area contributed by atoms with Crippen molar-refractivity contribution < 1.29 is 4.79 Å². The van der Waals surface area contributed by atoms with Crippen LogP contribution in [0.25, 0.3) is 0 Å². The lowest BCUT2D eigenvalue weighted by Crippen LogP contribution is -2.47. The maximum Gasteiger partial charge on any atom is 0.231 e. The van der Waals surface area contributed by atoms with Crippen LogP contribution in [-0.4, -0.2) is 5.91 Å². The van der Waals surface area contributed by atoms with E-state index in [0.29, 0.717) is 15.7 Å². The van der Waals surface area contributed by atoms with Gasteiger partial charge in [-0.05, 0) is 54.2 Å². The van der Waals surface area contributed by atoms with Crippen molar-refractivity contribution >= 4 is 34.8 Å². The van der Waals surface area contributed by atoms with Crippen molar-refractivity contribution in [2.24, 2.45) is 5.41 Å². The summed E-state index contributed by atoms with van der Waals surface area (Å²) in [4.78, 5) is 13.7. The van der Waals surface area contributed by atoms with Crippen LogP contribution in [0.15, 0.2) is 60.7 Å². The topological polar surface area (TPSA) is 29.1 Å². The third-order valence-electron chi connectivity index (χ3n) is 6.67. The van der Waals surface area contributed by atoms with Gasteiger partial charge in [0.05, 0.1) is 21.1 Å². The molecule has 2 bridgehead atoms. The zero-order valence-corrected chi connectivity index (χ0v) is 17.8. The average Bonchev–Trinajstić information content (AvgIpc) is 2.74. The predicted molar refractivity (Wildman–Crippen MR) is 119 cm³/mol. The number of benzene rings is 3. The Hall–Kier alpha value is -2.29. The first-order valence-corrected chi connectivity index (χ1v) is 10.6. The summed E-state index contributed by atoms with van der Waals surface area (Å²) in [7, 11) is 0. The van der Waals surface area contributed by atoms with E-state index in [1.807, 2.05) is 13.0 Å². The van der Waals surface area contributed by atoms with Crippen LogP contribution in [0.1, 0.15) is 53.0 Å². The third kappa shape index (κ3) is 2.66. The number of carbonyl (C=O) groups excluding carboxylic acids is 1. The van der Waals surface area contributed by atoms with Gasteiger partial charge in [0.15, 0.2) is 0 Å². The third-order valence-corrected chi connectivity index (χ3v) is 7.47. The maximum atomic E-state index is 13.7. The zero-order chi connectivity index (χ0) is 20.3. The van der Waals surface area contributed by atoms with Crippen molar-refractivity contribution in [1.82, 2.24) is 0 Å². The van der Waals surface area contributed by atoms with Gasteiger partial charge in [-0.2, -0.15) is 0 Å². The highest BCUT2D eigenvalue weighted by Gasteiger charge is 2.53. The van der Waals surface area contributed by atoms with Gasteiger partial charge in [0.2, 0.25) is 5.91 Å². The second-order valence-electron chi connectivity index (χ2n) is 8.37. The van der Waals surface area contributed by atoms with E-state index in [-0.39, 0.29) is 17.7 Å². The molecule has 0 saturated carbocycles. The summed E-state index contributed by atoms with van der Waals surface area (Å²) in [6.45, 7) is 3.98. The van der Waals surface area contributed by atoms with E-state index in [4.69, 9.17) is 23.2 Å². The highest BCUT2D eigenvalue weighted by molar-refractivity contribution is 6.40. The van der Waals surface area contributed by atoms with Crippen LogP contribution in [0.5, 0.6) is 0 Å². The molecule has 1 unspecified atom stereocenters. The first-order chi connectivity index (χ1) is 13.9. The smallest absolute Gasteiger partial charge is 0.231 e. The van der Waals surface area contributed by atoms with Crippen molar-refractivity contribution in [1.29, 1.82) is 0 Å². The van der Waals surface area contributed by atoms with Crippen LogP contribution >= 0.6 is 23.2 Å². The highest BCUT2D eigenvalue weighted by Crippen LogP contribution is 2.61. The Kier molecular flexibility index (Phi) is 4.27. The summed E-state index contributed by atoms with van der Waals surface area (Å²) in [6, 6.07) is 20.7. The predicted octanol–water partition coefficient (Wildman–Crippen LogP) is 6.93. The van der Waals surface area contributed by atoms with Crippen LogP contribution in [0, 0.1) is 12.3 Å². The molecule has 146 valence electrons. The van der Waals surface area contributed by atoms with Crippen LogP contribution in [-0.2, 0) is 4.79 Å². The van der Waals surface area contributed by atoms with Crippen molar-refractivity contribution in [3.63, 3.8) is 0 Å².